The molecular formula is C13H15N3O2. The molecule has 94 valence electrons. The first-order valence-electron chi connectivity index (χ1n) is 6.08. The number of benzene rings is 1. The number of rotatable bonds is 4. The Balaban J connectivity index is 1.59. The Kier molecular flexibility index (Phi) is 2.66. The zero-order chi connectivity index (χ0) is 12.5. The minimum absolute atomic E-state index is 0.253. The number of phenolic OH excluding ortho intramolecular Hbond substituents is 1. The molecule has 1 aliphatic carbocycles. The molecule has 0 spiro atoms. The van der Waals surface area contributed by atoms with Crippen molar-refractivity contribution in [2.45, 2.75) is 25.8 Å². The van der Waals surface area contributed by atoms with Crippen LogP contribution < -0.4 is 5.32 Å². The molecule has 2 atom stereocenters. The summed E-state index contributed by atoms with van der Waals surface area (Å²) in [6.07, 6.45) is 1.16. The van der Waals surface area contributed by atoms with E-state index in [9.17, 15) is 0 Å². The van der Waals surface area contributed by atoms with Gasteiger partial charge in [0.05, 0.1) is 6.54 Å². The molecule has 2 aromatic rings. The van der Waals surface area contributed by atoms with Crippen molar-refractivity contribution in [1.29, 1.82) is 0 Å². The monoisotopic (exact) mass is 245 g/mol. The second kappa shape index (κ2) is 4.33. The van der Waals surface area contributed by atoms with Gasteiger partial charge in [-0.15, -0.1) is 0 Å². The van der Waals surface area contributed by atoms with Crippen LogP contribution in [0.15, 0.2) is 28.8 Å². The molecule has 0 bridgehead atoms. The lowest BCUT2D eigenvalue weighted by atomic mass is 10.3. The number of anilines is 1. The summed E-state index contributed by atoms with van der Waals surface area (Å²) in [4.78, 5) is 4.37. The molecule has 2 unspecified atom stereocenters. The van der Waals surface area contributed by atoms with Gasteiger partial charge in [0, 0.05) is 11.6 Å². The van der Waals surface area contributed by atoms with Gasteiger partial charge in [0.25, 0.3) is 0 Å². The van der Waals surface area contributed by atoms with Gasteiger partial charge in [0.1, 0.15) is 5.75 Å². The second-order valence-corrected chi connectivity index (χ2v) is 4.77. The highest BCUT2D eigenvalue weighted by atomic mass is 16.5. The van der Waals surface area contributed by atoms with Crippen LogP contribution in [0, 0.1) is 5.92 Å². The average molecular weight is 245 g/mol. The van der Waals surface area contributed by atoms with Gasteiger partial charge in [-0.25, -0.2) is 0 Å². The van der Waals surface area contributed by atoms with Crippen molar-refractivity contribution in [3.63, 3.8) is 0 Å². The molecule has 18 heavy (non-hydrogen) atoms. The molecule has 3 rings (SSSR count). The third-order valence-electron chi connectivity index (χ3n) is 3.24. The van der Waals surface area contributed by atoms with E-state index in [4.69, 9.17) is 9.63 Å². The normalized spacial score (nSPS) is 21.8. The van der Waals surface area contributed by atoms with E-state index in [0.717, 1.165) is 17.9 Å². The van der Waals surface area contributed by atoms with Gasteiger partial charge in [0.2, 0.25) is 5.89 Å². The van der Waals surface area contributed by atoms with E-state index in [0.29, 0.717) is 24.3 Å². The molecule has 1 aromatic heterocycles. The predicted molar refractivity (Wildman–Crippen MR) is 66.3 cm³/mol. The van der Waals surface area contributed by atoms with Crippen LogP contribution in [-0.2, 0) is 6.54 Å². The lowest BCUT2D eigenvalue weighted by Gasteiger charge is -2.02. The summed E-state index contributed by atoms with van der Waals surface area (Å²) in [5.74, 6) is 2.84. The third kappa shape index (κ3) is 2.30. The van der Waals surface area contributed by atoms with Crippen LogP contribution in [0.2, 0.25) is 0 Å². The van der Waals surface area contributed by atoms with Crippen molar-refractivity contribution in [1.82, 2.24) is 10.1 Å². The largest absolute Gasteiger partial charge is 0.508 e. The van der Waals surface area contributed by atoms with Crippen molar-refractivity contribution in [2.75, 3.05) is 5.32 Å². The summed E-state index contributed by atoms with van der Waals surface area (Å²) in [7, 11) is 0. The summed E-state index contributed by atoms with van der Waals surface area (Å²) in [6.45, 7) is 2.69. The Bertz CT molecular complexity index is 535. The fraction of sp³-hybridized carbons (Fsp3) is 0.385. The molecule has 1 saturated carbocycles. The first kappa shape index (κ1) is 11.1. The minimum Gasteiger partial charge on any atom is -0.508 e. The van der Waals surface area contributed by atoms with Crippen molar-refractivity contribution >= 4 is 5.69 Å². The van der Waals surface area contributed by atoms with Gasteiger partial charge < -0.3 is 14.9 Å². The maximum absolute atomic E-state index is 9.17. The fourth-order valence-corrected chi connectivity index (χ4v) is 1.93. The van der Waals surface area contributed by atoms with Crippen molar-refractivity contribution in [2.24, 2.45) is 5.92 Å². The summed E-state index contributed by atoms with van der Waals surface area (Å²) in [5, 5.41) is 16.3. The van der Waals surface area contributed by atoms with Crippen LogP contribution in [0.5, 0.6) is 5.75 Å². The summed E-state index contributed by atoms with van der Waals surface area (Å²) in [5.41, 5.74) is 0.910. The van der Waals surface area contributed by atoms with E-state index in [-0.39, 0.29) is 5.75 Å². The topological polar surface area (TPSA) is 71.2 Å². The Morgan fingerprint density at radius 3 is 2.78 bits per heavy atom. The SMILES string of the molecule is CC1CC1c1noc(CNc2ccc(O)cc2)n1. The molecule has 1 aliphatic rings. The van der Waals surface area contributed by atoms with Gasteiger partial charge in [-0.2, -0.15) is 4.98 Å². The molecular weight excluding hydrogens is 230 g/mol. The Labute approximate surface area is 105 Å². The molecule has 1 aromatic carbocycles. The summed E-state index contributed by atoms with van der Waals surface area (Å²) in [6, 6.07) is 6.87. The van der Waals surface area contributed by atoms with Gasteiger partial charge in [-0.1, -0.05) is 12.1 Å². The highest BCUT2D eigenvalue weighted by Crippen LogP contribution is 2.45. The van der Waals surface area contributed by atoms with Gasteiger partial charge in [0.15, 0.2) is 5.82 Å². The predicted octanol–water partition coefficient (Wildman–Crippen LogP) is 2.51. The van der Waals surface area contributed by atoms with E-state index in [2.05, 4.69) is 22.4 Å². The molecule has 1 fully saturated rings. The van der Waals surface area contributed by atoms with Gasteiger partial charge in [-0.3, -0.25) is 0 Å². The molecule has 2 N–H and O–H groups in total. The number of hydrogen-bond acceptors (Lipinski definition) is 5. The standard InChI is InChI=1S/C13H15N3O2/c1-8-6-11(8)13-15-12(18-16-13)7-14-9-2-4-10(17)5-3-9/h2-5,8,11,14,17H,6-7H2,1H3. The van der Waals surface area contributed by atoms with Crippen LogP contribution in [0.4, 0.5) is 5.69 Å². The van der Waals surface area contributed by atoms with E-state index in [1.807, 2.05) is 0 Å². The minimum atomic E-state index is 0.253. The molecule has 0 radical (unpaired) electrons. The van der Waals surface area contributed by atoms with Crippen LogP contribution in [-0.4, -0.2) is 15.2 Å². The van der Waals surface area contributed by atoms with Gasteiger partial charge >= 0.3 is 0 Å². The second-order valence-electron chi connectivity index (χ2n) is 4.77. The number of nitrogens with one attached hydrogen (secondary N) is 1. The van der Waals surface area contributed by atoms with Crippen molar-refractivity contribution in [3.05, 3.63) is 36.0 Å². The number of hydrogen-bond donors (Lipinski definition) is 2. The van der Waals surface area contributed by atoms with E-state index in [1.165, 1.54) is 0 Å². The van der Waals surface area contributed by atoms with Crippen molar-refractivity contribution < 1.29 is 9.63 Å². The maximum Gasteiger partial charge on any atom is 0.245 e. The lowest BCUT2D eigenvalue weighted by molar-refractivity contribution is 0.377. The smallest absolute Gasteiger partial charge is 0.245 e. The molecule has 0 aliphatic heterocycles. The van der Waals surface area contributed by atoms with Gasteiger partial charge in [-0.05, 0) is 36.6 Å². The first-order chi connectivity index (χ1) is 8.72. The Hall–Kier alpha value is -2.04. The molecule has 5 heteroatoms. The lowest BCUT2D eigenvalue weighted by Crippen LogP contribution is -1.99. The van der Waals surface area contributed by atoms with E-state index >= 15 is 0 Å². The molecule has 5 nitrogen and oxygen atoms in total. The van der Waals surface area contributed by atoms with Crippen LogP contribution in [0.25, 0.3) is 0 Å². The Morgan fingerprint density at radius 2 is 2.11 bits per heavy atom. The maximum atomic E-state index is 9.17. The molecule has 0 saturated heterocycles. The highest BCUT2D eigenvalue weighted by molar-refractivity contribution is 5.45. The molecule has 0 amide bonds. The first-order valence-corrected chi connectivity index (χ1v) is 6.08. The zero-order valence-electron chi connectivity index (χ0n) is 10.1. The summed E-state index contributed by atoms with van der Waals surface area (Å²) >= 11 is 0. The third-order valence-corrected chi connectivity index (χ3v) is 3.24. The number of phenols is 1. The van der Waals surface area contributed by atoms with Crippen LogP contribution >= 0.6 is 0 Å². The Morgan fingerprint density at radius 1 is 1.39 bits per heavy atom. The number of aromatic nitrogens is 2. The number of nitrogens with zero attached hydrogens (tertiary/aromatic N) is 2. The fourth-order valence-electron chi connectivity index (χ4n) is 1.93. The summed E-state index contributed by atoms with van der Waals surface area (Å²) < 4.78 is 5.19. The van der Waals surface area contributed by atoms with Crippen LogP contribution in [0.1, 0.15) is 31.0 Å². The number of aromatic hydroxyl groups is 1. The van der Waals surface area contributed by atoms with Crippen molar-refractivity contribution in [3.8, 4) is 5.75 Å². The highest BCUT2D eigenvalue weighted by Gasteiger charge is 2.37. The van der Waals surface area contributed by atoms with E-state index in [1.54, 1.807) is 24.3 Å². The molecule has 1 heterocycles. The van der Waals surface area contributed by atoms with Crippen LogP contribution in [0.3, 0.4) is 0 Å². The quantitative estimate of drug-likeness (QED) is 0.810. The van der Waals surface area contributed by atoms with E-state index < -0.39 is 0 Å². The average Bonchev–Trinajstić information content (AvgIpc) is 2.92. The zero-order valence-corrected chi connectivity index (χ0v) is 10.1.